The summed E-state index contributed by atoms with van der Waals surface area (Å²) in [7, 11) is 0. The van der Waals surface area contributed by atoms with E-state index in [-0.39, 0.29) is 30.6 Å². The molecule has 1 aliphatic rings. The summed E-state index contributed by atoms with van der Waals surface area (Å²) in [6, 6.07) is 23.0. The van der Waals surface area contributed by atoms with Gasteiger partial charge in [0.15, 0.2) is 6.29 Å². The fourth-order valence-electron chi connectivity index (χ4n) is 4.02. The number of hydrogen-bond donors (Lipinski definition) is 3. The van der Waals surface area contributed by atoms with E-state index < -0.39 is 6.29 Å². The second-order valence-corrected chi connectivity index (χ2v) is 9.77. The third-order valence-electron chi connectivity index (χ3n) is 5.70. The summed E-state index contributed by atoms with van der Waals surface area (Å²) in [6.07, 6.45) is -0.191. The van der Waals surface area contributed by atoms with Crippen molar-refractivity contribution in [3.8, 4) is 0 Å². The highest BCUT2D eigenvalue weighted by molar-refractivity contribution is 7.99. The first-order valence-corrected chi connectivity index (χ1v) is 12.8. The van der Waals surface area contributed by atoms with Gasteiger partial charge in [-0.05, 0) is 47.5 Å². The van der Waals surface area contributed by atoms with E-state index in [0.29, 0.717) is 12.1 Å². The lowest BCUT2D eigenvalue weighted by atomic mass is 10.0. The number of hydrogen-bond acceptors (Lipinski definition) is 6. The Balaban J connectivity index is 1.51. The van der Waals surface area contributed by atoms with Gasteiger partial charge < -0.3 is 25.2 Å². The Kier molecular flexibility index (Phi) is 8.77. The summed E-state index contributed by atoms with van der Waals surface area (Å²) in [4.78, 5) is 23.9. The van der Waals surface area contributed by atoms with Gasteiger partial charge in [0, 0.05) is 47.9 Å². The molecule has 0 unspecified atom stereocenters. The predicted octanol–water partition coefficient (Wildman–Crippen LogP) is 5.43. The zero-order valence-corrected chi connectivity index (χ0v) is 21.1. The molecule has 3 atom stereocenters. The van der Waals surface area contributed by atoms with Gasteiger partial charge in [-0.2, -0.15) is 0 Å². The number of thioether (sulfide) groups is 1. The van der Waals surface area contributed by atoms with Crippen LogP contribution in [0.4, 0.5) is 11.4 Å². The number of amides is 2. The van der Waals surface area contributed by atoms with Gasteiger partial charge in [-0.3, -0.25) is 9.59 Å². The van der Waals surface area contributed by atoms with Crippen molar-refractivity contribution in [1.82, 2.24) is 0 Å². The third kappa shape index (κ3) is 7.18. The molecule has 2 amide bonds. The molecule has 7 nitrogen and oxygen atoms in total. The molecule has 8 heteroatoms. The van der Waals surface area contributed by atoms with E-state index >= 15 is 0 Å². The number of nitrogens with one attached hydrogen (secondary N) is 2. The van der Waals surface area contributed by atoms with Crippen LogP contribution < -0.4 is 10.6 Å². The van der Waals surface area contributed by atoms with Crippen molar-refractivity contribution in [2.45, 2.75) is 50.3 Å². The Morgan fingerprint density at radius 1 is 0.889 bits per heavy atom. The van der Waals surface area contributed by atoms with Crippen molar-refractivity contribution in [2.24, 2.45) is 0 Å². The van der Waals surface area contributed by atoms with Gasteiger partial charge in [-0.15, -0.1) is 11.8 Å². The predicted molar refractivity (Wildman–Crippen MR) is 141 cm³/mol. The largest absolute Gasteiger partial charge is 0.392 e. The van der Waals surface area contributed by atoms with Gasteiger partial charge in [-0.25, -0.2) is 0 Å². The highest BCUT2D eigenvalue weighted by atomic mass is 32.2. The quantitative estimate of drug-likeness (QED) is 0.353. The maximum atomic E-state index is 11.5. The molecule has 188 valence electrons. The van der Waals surface area contributed by atoms with Crippen LogP contribution in [0.2, 0.25) is 0 Å². The summed E-state index contributed by atoms with van der Waals surface area (Å²) in [6.45, 7) is 2.96. The summed E-state index contributed by atoms with van der Waals surface area (Å²) in [5, 5.41) is 15.0. The molecule has 0 bridgehead atoms. The van der Waals surface area contributed by atoms with E-state index in [0.717, 1.165) is 33.0 Å². The zero-order chi connectivity index (χ0) is 25.5. The molecule has 3 aromatic carbocycles. The lowest BCUT2D eigenvalue weighted by Gasteiger charge is -2.36. The minimum absolute atomic E-state index is 0.00648. The van der Waals surface area contributed by atoms with E-state index in [1.54, 1.807) is 11.8 Å². The van der Waals surface area contributed by atoms with E-state index in [1.807, 2.05) is 72.8 Å². The van der Waals surface area contributed by atoms with Crippen molar-refractivity contribution in [3.63, 3.8) is 0 Å². The van der Waals surface area contributed by atoms with Gasteiger partial charge in [0.1, 0.15) is 0 Å². The summed E-state index contributed by atoms with van der Waals surface area (Å²) >= 11 is 1.68. The fourth-order valence-corrected chi connectivity index (χ4v) is 4.94. The molecule has 36 heavy (non-hydrogen) atoms. The van der Waals surface area contributed by atoms with Crippen molar-refractivity contribution in [3.05, 3.63) is 89.5 Å². The molecule has 1 aliphatic heterocycles. The smallest absolute Gasteiger partial charge is 0.221 e. The second kappa shape index (κ2) is 12.2. The number of benzene rings is 3. The maximum Gasteiger partial charge on any atom is 0.221 e. The molecule has 1 heterocycles. The lowest BCUT2D eigenvalue weighted by Crippen LogP contribution is -2.31. The molecule has 0 saturated carbocycles. The number of anilines is 2. The fraction of sp³-hybridized carbons (Fsp3) is 0.286. The van der Waals surface area contributed by atoms with Gasteiger partial charge in [-0.1, -0.05) is 36.4 Å². The average molecular weight is 507 g/mol. The first kappa shape index (κ1) is 25.9. The monoisotopic (exact) mass is 506 g/mol. The molecule has 0 spiro atoms. The molecule has 0 aromatic heterocycles. The van der Waals surface area contributed by atoms with Crippen LogP contribution in [-0.2, 0) is 25.7 Å². The summed E-state index contributed by atoms with van der Waals surface area (Å²) in [5.41, 5.74) is 4.15. The van der Waals surface area contributed by atoms with E-state index in [1.165, 1.54) is 13.8 Å². The van der Waals surface area contributed by atoms with Crippen molar-refractivity contribution in [2.75, 3.05) is 16.4 Å². The Morgan fingerprint density at radius 2 is 1.58 bits per heavy atom. The Bertz CT molecular complexity index is 1180. The Labute approximate surface area is 215 Å². The molecule has 3 aromatic rings. The zero-order valence-electron chi connectivity index (χ0n) is 20.3. The lowest BCUT2D eigenvalue weighted by molar-refractivity contribution is -0.245. The van der Waals surface area contributed by atoms with Gasteiger partial charge in [0.2, 0.25) is 11.8 Å². The van der Waals surface area contributed by atoms with Crippen LogP contribution >= 0.6 is 11.8 Å². The van der Waals surface area contributed by atoms with Crippen LogP contribution in [0.3, 0.4) is 0 Å². The molecular formula is C28H30N2O5S. The summed E-state index contributed by atoms with van der Waals surface area (Å²) in [5.74, 6) is 0.478. The van der Waals surface area contributed by atoms with Crippen LogP contribution in [0, 0.1) is 0 Å². The molecule has 0 aliphatic carbocycles. The number of carbonyl (C=O) groups excluding carboxylic acids is 2. The molecular weight excluding hydrogens is 476 g/mol. The molecule has 1 fully saturated rings. The number of aliphatic hydroxyl groups is 1. The van der Waals surface area contributed by atoms with Crippen molar-refractivity contribution in [1.29, 1.82) is 0 Å². The number of aliphatic hydroxyl groups excluding tert-OH is 1. The topological polar surface area (TPSA) is 96.9 Å². The minimum Gasteiger partial charge on any atom is -0.392 e. The highest BCUT2D eigenvalue weighted by Crippen LogP contribution is 2.40. The normalized spacial score (nSPS) is 19.5. The Morgan fingerprint density at radius 3 is 2.25 bits per heavy atom. The number of ether oxygens (including phenoxy) is 2. The molecule has 1 saturated heterocycles. The highest BCUT2D eigenvalue weighted by Gasteiger charge is 2.32. The summed E-state index contributed by atoms with van der Waals surface area (Å²) < 4.78 is 12.8. The second-order valence-electron chi connectivity index (χ2n) is 8.67. The Hall–Kier alpha value is -3.17. The number of carbonyl (C=O) groups is 2. The van der Waals surface area contributed by atoms with Crippen LogP contribution in [-0.4, -0.2) is 28.8 Å². The van der Waals surface area contributed by atoms with Crippen molar-refractivity contribution >= 4 is 35.0 Å². The molecule has 0 radical (unpaired) electrons. The standard InChI is InChI=1S/C28H30N2O5S/c1-18(32)29-23-10-12-26(13-11-23)36-17-25-15-27(21-8-6-20(16-31)7-9-21)35-28(34-25)22-4-3-5-24(14-22)30-19(2)33/h3-14,25,27-28,31H,15-17H2,1-2H3,(H,29,32)(H,30,33)/t25-,27+,28+/m0/s1. The molecule has 3 N–H and O–H groups in total. The van der Waals surface area contributed by atoms with Gasteiger partial charge in [0.25, 0.3) is 0 Å². The average Bonchev–Trinajstić information content (AvgIpc) is 2.87. The van der Waals surface area contributed by atoms with E-state index in [9.17, 15) is 14.7 Å². The van der Waals surface area contributed by atoms with Crippen LogP contribution in [0.1, 0.15) is 49.4 Å². The van der Waals surface area contributed by atoms with Crippen LogP contribution in [0.25, 0.3) is 0 Å². The first-order valence-electron chi connectivity index (χ1n) is 11.8. The molecule has 4 rings (SSSR count). The van der Waals surface area contributed by atoms with Gasteiger partial charge >= 0.3 is 0 Å². The maximum absolute atomic E-state index is 11.5. The van der Waals surface area contributed by atoms with Gasteiger partial charge in [0.05, 0.1) is 18.8 Å². The SMILES string of the molecule is CC(=O)Nc1ccc(SC[C@@H]2C[C@H](c3ccc(CO)cc3)O[C@H](c3cccc(NC(C)=O)c3)O2)cc1. The van der Waals surface area contributed by atoms with Crippen molar-refractivity contribution < 1.29 is 24.2 Å². The van der Waals surface area contributed by atoms with E-state index in [2.05, 4.69) is 10.6 Å². The first-order chi connectivity index (χ1) is 17.4. The minimum atomic E-state index is -0.595. The number of rotatable bonds is 8. The van der Waals surface area contributed by atoms with Crippen LogP contribution in [0.5, 0.6) is 0 Å². The van der Waals surface area contributed by atoms with E-state index in [4.69, 9.17) is 9.47 Å². The third-order valence-corrected chi connectivity index (χ3v) is 6.85. The van der Waals surface area contributed by atoms with Crippen LogP contribution in [0.15, 0.2) is 77.7 Å².